The van der Waals surface area contributed by atoms with E-state index in [2.05, 4.69) is 5.10 Å². The third-order valence-electron chi connectivity index (χ3n) is 2.30. The molecular formula is C11H9ClN2O2. The predicted octanol–water partition coefficient (Wildman–Crippen LogP) is 2.44. The molecular weight excluding hydrogens is 228 g/mol. The molecule has 0 aliphatic carbocycles. The van der Waals surface area contributed by atoms with Crippen molar-refractivity contribution in [3.05, 3.63) is 41.0 Å². The molecule has 0 atom stereocenters. The Bertz CT molecular complexity index is 549. The van der Waals surface area contributed by atoms with Crippen molar-refractivity contribution in [2.24, 2.45) is 7.05 Å². The molecule has 0 spiro atoms. The second-order valence-electron chi connectivity index (χ2n) is 3.32. The molecule has 1 aromatic carbocycles. The first-order valence-electron chi connectivity index (χ1n) is 4.61. The predicted molar refractivity (Wildman–Crippen MR) is 60.6 cm³/mol. The Morgan fingerprint density at radius 2 is 2.12 bits per heavy atom. The number of aromatic nitrogens is 2. The van der Waals surface area contributed by atoms with Crippen LogP contribution in [0, 0.1) is 0 Å². The maximum Gasteiger partial charge on any atom is 0.339 e. The van der Waals surface area contributed by atoms with Crippen molar-refractivity contribution < 1.29 is 9.90 Å². The molecule has 0 aliphatic heterocycles. The molecule has 82 valence electrons. The largest absolute Gasteiger partial charge is 0.478 e. The zero-order valence-electron chi connectivity index (χ0n) is 8.51. The molecule has 5 heteroatoms. The quantitative estimate of drug-likeness (QED) is 0.871. The highest BCUT2D eigenvalue weighted by molar-refractivity contribution is 6.33. The molecule has 2 aromatic rings. The molecule has 16 heavy (non-hydrogen) atoms. The standard InChI is InChI=1S/C11H9ClN2O2/c1-14-10(8(6-13-14)11(15)16)7-4-2-3-5-9(7)12/h2-6H,1H3,(H,15,16). The molecule has 0 unspecified atom stereocenters. The zero-order valence-corrected chi connectivity index (χ0v) is 9.27. The van der Waals surface area contributed by atoms with Gasteiger partial charge in [-0.2, -0.15) is 5.10 Å². The molecule has 2 rings (SSSR count). The van der Waals surface area contributed by atoms with Gasteiger partial charge in [0.1, 0.15) is 5.56 Å². The highest BCUT2D eigenvalue weighted by atomic mass is 35.5. The van der Waals surface area contributed by atoms with E-state index in [9.17, 15) is 4.79 Å². The van der Waals surface area contributed by atoms with Crippen molar-refractivity contribution in [1.82, 2.24) is 9.78 Å². The van der Waals surface area contributed by atoms with E-state index in [1.807, 2.05) is 0 Å². The van der Waals surface area contributed by atoms with Gasteiger partial charge in [-0.15, -0.1) is 0 Å². The number of carboxylic acids is 1. The number of halogens is 1. The smallest absolute Gasteiger partial charge is 0.339 e. The summed E-state index contributed by atoms with van der Waals surface area (Å²) in [6, 6.07) is 7.09. The van der Waals surface area contributed by atoms with Crippen LogP contribution >= 0.6 is 11.6 Å². The number of hydrogen-bond donors (Lipinski definition) is 1. The van der Waals surface area contributed by atoms with Gasteiger partial charge in [-0.3, -0.25) is 4.68 Å². The minimum absolute atomic E-state index is 0.149. The number of rotatable bonds is 2. The summed E-state index contributed by atoms with van der Waals surface area (Å²) in [5, 5.41) is 13.5. The molecule has 0 aliphatic rings. The van der Waals surface area contributed by atoms with Crippen LogP contribution < -0.4 is 0 Å². The highest BCUT2D eigenvalue weighted by Gasteiger charge is 2.18. The van der Waals surface area contributed by atoms with E-state index in [0.717, 1.165) is 0 Å². The summed E-state index contributed by atoms with van der Waals surface area (Å²) in [5.41, 5.74) is 1.33. The van der Waals surface area contributed by atoms with E-state index in [4.69, 9.17) is 16.7 Å². The number of carboxylic acid groups (broad SMARTS) is 1. The molecule has 0 amide bonds. The summed E-state index contributed by atoms with van der Waals surface area (Å²) >= 11 is 6.03. The van der Waals surface area contributed by atoms with Crippen LogP contribution in [0.2, 0.25) is 5.02 Å². The fourth-order valence-corrected chi connectivity index (χ4v) is 1.79. The second kappa shape index (κ2) is 3.98. The third kappa shape index (κ3) is 1.67. The Morgan fingerprint density at radius 3 is 2.75 bits per heavy atom. The average Bonchev–Trinajstić information content (AvgIpc) is 2.61. The molecule has 4 nitrogen and oxygen atoms in total. The Balaban J connectivity index is 2.68. The van der Waals surface area contributed by atoms with E-state index in [1.165, 1.54) is 10.9 Å². The maximum atomic E-state index is 11.0. The first-order valence-corrected chi connectivity index (χ1v) is 4.99. The lowest BCUT2D eigenvalue weighted by Gasteiger charge is -2.05. The normalized spacial score (nSPS) is 10.4. The van der Waals surface area contributed by atoms with Gasteiger partial charge in [0.2, 0.25) is 0 Å². The van der Waals surface area contributed by atoms with E-state index < -0.39 is 5.97 Å². The lowest BCUT2D eigenvalue weighted by molar-refractivity contribution is 0.0697. The van der Waals surface area contributed by atoms with Crippen molar-refractivity contribution in [3.63, 3.8) is 0 Å². The van der Waals surface area contributed by atoms with E-state index in [1.54, 1.807) is 31.3 Å². The first-order chi connectivity index (χ1) is 7.61. The van der Waals surface area contributed by atoms with Crippen LogP contribution in [0.5, 0.6) is 0 Å². The van der Waals surface area contributed by atoms with Crippen molar-refractivity contribution in [2.45, 2.75) is 0 Å². The van der Waals surface area contributed by atoms with Crippen LogP contribution in [0.1, 0.15) is 10.4 Å². The summed E-state index contributed by atoms with van der Waals surface area (Å²) in [4.78, 5) is 11.0. The van der Waals surface area contributed by atoms with Gasteiger partial charge in [0.05, 0.1) is 11.9 Å². The zero-order chi connectivity index (χ0) is 11.7. The Morgan fingerprint density at radius 1 is 1.44 bits per heavy atom. The Hall–Kier alpha value is -1.81. The summed E-state index contributed by atoms with van der Waals surface area (Å²) in [7, 11) is 1.69. The lowest BCUT2D eigenvalue weighted by Crippen LogP contribution is -2.00. The molecule has 1 N–H and O–H groups in total. The Labute approximate surface area is 97.1 Å². The Kier molecular flexibility index (Phi) is 2.66. The minimum Gasteiger partial charge on any atom is -0.478 e. The van der Waals surface area contributed by atoms with Crippen LogP contribution in [-0.4, -0.2) is 20.9 Å². The minimum atomic E-state index is -1.01. The van der Waals surface area contributed by atoms with Crippen molar-refractivity contribution >= 4 is 17.6 Å². The summed E-state index contributed by atoms with van der Waals surface area (Å²) in [6.07, 6.45) is 1.32. The maximum absolute atomic E-state index is 11.0. The number of carbonyl (C=O) groups is 1. The number of benzene rings is 1. The van der Waals surface area contributed by atoms with Gasteiger partial charge in [0.25, 0.3) is 0 Å². The SMILES string of the molecule is Cn1ncc(C(=O)O)c1-c1ccccc1Cl. The molecule has 0 radical (unpaired) electrons. The number of nitrogens with zero attached hydrogens (tertiary/aromatic N) is 2. The third-order valence-corrected chi connectivity index (χ3v) is 2.63. The van der Waals surface area contributed by atoms with Crippen molar-refractivity contribution in [2.75, 3.05) is 0 Å². The van der Waals surface area contributed by atoms with E-state index >= 15 is 0 Å². The van der Waals surface area contributed by atoms with Crippen molar-refractivity contribution in [1.29, 1.82) is 0 Å². The molecule has 0 saturated heterocycles. The van der Waals surface area contributed by atoms with E-state index in [0.29, 0.717) is 16.3 Å². The lowest BCUT2D eigenvalue weighted by atomic mass is 10.1. The highest BCUT2D eigenvalue weighted by Crippen LogP contribution is 2.29. The average molecular weight is 237 g/mol. The van der Waals surface area contributed by atoms with Crippen LogP contribution in [0.15, 0.2) is 30.5 Å². The van der Waals surface area contributed by atoms with Gasteiger partial charge in [-0.05, 0) is 6.07 Å². The van der Waals surface area contributed by atoms with Crippen LogP contribution in [-0.2, 0) is 7.05 Å². The number of aromatic carboxylic acids is 1. The van der Waals surface area contributed by atoms with Gasteiger partial charge >= 0.3 is 5.97 Å². The van der Waals surface area contributed by atoms with Crippen molar-refractivity contribution in [3.8, 4) is 11.3 Å². The summed E-state index contributed by atoms with van der Waals surface area (Å²) in [6.45, 7) is 0. The number of hydrogen-bond acceptors (Lipinski definition) is 2. The van der Waals surface area contributed by atoms with Gasteiger partial charge in [-0.1, -0.05) is 29.8 Å². The topological polar surface area (TPSA) is 55.1 Å². The summed E-state index contributed by atoms with van der Waals surface area (Å²) in [5.74, 6) is -1.01. The second-order valence-corrected chi connectivity index (χ2v) is 3.72. The molecule has 1 heterocycles. The van der Waals surface area contributed by atoms with Gasteiger partial charge in [0, 0.05) is 17.6 Å². The molecule has 0 saturated carbocycles. The van der Waals surface area contributed by atoms with Crippen LogP contribution in [0.4, 0.5) is 0 Å². The van der Waals surface area contributed by atoms with Gasteiger partial charge in [0.15, 0.2) is 0 Å². The van der Waals surface area contributed by atoms with Gasteiger partial charge in [-0.25, -0.2) is 4.79 Å². The van der Waals surface area contributed by atoms with E-state index in [-0.39, 0.29) is 5.56 Å². The fourth-order valence-electron chi connectivity index (χ4n) is 1.57. The fraction of sp³-hybridized carbons (Fsp3) is 0.0909. The monoisotopic (exact) mass is 236 g/mol. The van der Waals surface area contributed by atoms with Gasteiger partial charge < -0.3 is 5.11 Å². The molecule has 0 bridgehead atoms. The molecule has 1 aromatic heterocycles. The van der Waals surface area contributed by atoms with Crippen LogP contribution in [0.25, 0.3) is 11.3 Å². The first kappa shape index (κ1) is 10.7. The van der Waals surface area contributed by atoms with Crippen LogP contribution in [0.3, 0.4) is 0 Å². The summed E-state index contributed by atoms with van der Waals surface area (Å²) < 4.78 is 1.50. The molecule has 0 fully saturated rings. The number of aryl methyl sites for hydroxylation is 1.